The van der Waals surface area contributed by atoms with Crippen molar-refractivity contribution in [1.82, 2.24) is 4.98 Å². The zero-order valence-corrected chi connectivity index (χ0v) is 10.6. The standard InChI is InChI=1S/C12H21N3O/c1-9-7-10(2)14-12(11(9)8-13)15(3)5-6-16-4/h7H,5-6,8,13H2,1-4H3. The molecule has 16 heavy (non-hydrogen) atoms. The number of ether oxygens (including phenoxy) is 1. The SMILES string of the molecule is COCCN(C)c1nc(C)cc(C)c1CN. The number of hydrogen-bond donors (Lipinski definition) is 1. The quantitative estimate of drug-likeness (QED) is 0.816. The zero-order valence-electron chi connectivity index (χ0n) is 10.6. The highest BCUT2D eigenvalue weighted by molar-refractivity contribution is 5.51. The Bertz CT molecular complexity index is 352. The number of nitrogens with two attached hydrogens (primary N) is 1. The average Bonchev–Trinajstić information content (AvgIpc) is 2.24. The van der Waals surface area contributed by atoms with Crippen molar-refractivity contribution < 1.29 is 4.74 Å². The van der Waals surface area contributed by atoms with Crippen LogP contribution in [0.25, 0.3) is 0 Å². The molecule has 1 rings (SSSR count). The number of hydrogen-bond acceptors (Lipinski definition) is 4. The van der Waals surface area contributed by atoms with Crippen LogP contribution >= 0.6 is 0 Å². The molecule has 90 valence electrons. The third-order valence-corrected chi connectivity index (χ3v) is 2.65. The molecular formula is C12H21N3O. The van der Waals surface area contributed by atoms with E-state index < -0.39 is 0 Å². The van der Waals surface area contributed by atoms with Gasteiger partial charge in [0.25, 0.3) is 0 Å². The molecule has 0 aliphatic heterocycles. The number of likely N-dealkylation sites (N-methyl/N-ethyl adjacent to an activating group) is 1. The topological polar surface area (TPSA) is 51.4 Å². The highest BCUT2D eigenvalue weighted by atomic mass is 16.5. The van der Waals surface area contributed by atoms with E-state index in [1.54, 1.807) is 7.11 Å². The lowest BCUT2D eigenvalue weighted by Crippen LogP contribution is -2.25. The molecule has 1 aromatic rings. The van der Waals surface area contributed by atoms with Crippen LogP contribution in [0.4, 0.5) is 5.82 Å². The molecule has 1 aromatic heterocycles. The van der Waals surface area contributed by atoms with Crippen LogP contribution in [0.1, 0.15) is 16.8 Å². The molecule has 2 N–H and O–H groups in total. The summed E-state index contributed by atoms with van der Waals surface area (Å²) in [6.45, 7) is 6.10. The van der Waals surface area contributed by atoms with E-state index in [-0.39, 0.29) is 0 Å². The molecule has 0 radical (unpaired) electrons. The van der Waals surface area contributed by atoms with Crippen molar-refractivity contribution in [2.45, 2.75) is 20.4 Å². The molecular weight excluding hydrogens is 202 g/mol. The Labute approximate surface area is 97.4 Å². The van der Waals surface area contributed by atoms with Gasteiger partial charge in [0.05, 0.1) is 6.61 Å². The Hall–Kier alpha value is -1.13. The first-order chi connectivity index (χ1) is 7.60. The van der Waals surface area contributed by atoms with Crippen molar-refractivity contribution in [3.05, 3.63) is 22.9 Å². The summed E-state index contributed by atoms with van der Waals surface area (Å²) >= 11 is 0. The maximum Gasteiger partial charge on any atom is 0.133 e. The second-order valence-electron chi connectivity index (χ2n) is 4.00. The van der Waals surface area contributed by atoms with Gasteiger partial charge in [0.2, 0.25) is 0 Å². The van der Waals surface area contributed by atoms with Gasteiger partial charge in [-0.25, -0.2) is 4.98 Å². The highest BCUT2D eigenvalue weighted by Crippen LogP contribution is 2.20. The summed E-state index contributed by atoms with van der Waals surface area (Å²) in [6.07, 6.45) is 0. The van der Waals surface area contributed by atoms with Crippen LogP contribution in [-0.4, -0.2) is 32.3 Å². The smallest absolute Gasteiger partial charge is 0.133 e. The van der Waals surface area contributed by atoms with E-state index in [1.807, 2.05) is 14.0 Å². The Morgan fingerprint density at radius 2 is 2.12 bits per heavy atom. The normalized spacial score (nSPS) is 10.6. The van der Waals surface area contributed by atoms with Crippen LogP contribution in [-0.2, 0) is 11.3 Å². The van der Waals surface area contributed by atoms with Crippen LogP contribution in [0, 0.1) is 13.8 Å². The molecule has 0 saturated heterocycles. The van der Waals surface area contributed by atoms with Crippen molar-refractivity contribution in [2.75, 3.05) is 32.2 Å². The van der Waals surface area contributed by atoms with Gasteiger partial charge in [0.15, 0.2) is 0 Å². The maximum absolute atomic E-state index is 5.77. The van der Waals surface area contributed by atoms with Crippen molar-refractivity contribution in [1.29, 1.82) is 0 Å². The van der Waals surface area contributed by atoms with Gasteiger partial charge in [-0.05, 0) is 25.5 Å². The van der Waals surface area contributed by atoms with Crippen LogP contribution in [0.15, 0.2) is 6.07 Å². The number of aromatic nitrogens is 1. The molecule has 0 fully saturated rings. The third-order valence-electron chi connectivity index (χ3n) is 2.65. The van der Waals surface area contributed by atoms with Crippen molar-refractivity contribution >= 4 is 5.82 Å². The van der Waals surface area contributed by atoms with Crippen LogP contribution < -0.4 is 10.6 Å². The van der Waals surface area contributed by atoms with E-state index in [0.717, 1.165) is 23.6 Å². The Balaban J connectivity index is 3.00. The van der Waals surface area contributed by atoms with E-state index in [1.165, 1.54) is 5.56 Å². The van der Waals surface area contributed by atoms with Gasteiger partial charge in [-0.15, -0.1) is 0 Å². The molecule has 4 heteroatoms. The van der Waals surface area contributed by atoms with Gasteiger partial charge in [0.1, 0.15) is 5.82 Å². The average molecular weight is 223 g/mol. The largest absolute Gasteiger partial charge is 0.383 e. The number of rotatable bonds is 5. The summed E-state index contributed by atoms with van der Waals surface area (Å²) in [7, 11) is 3.71. The first-order valence-corrected chi connectivity index (χ1v) is 5.47. The Morgan fingerprint density at radius 1 is 1.44 bits per heavy atom. The van der Waals surface area contributed by atoms with Gasteiger partial charge in [-0.2, -0.15) is 0 Å². The van der Waals surface area contributed by atoms with Crippen molar-refractivity contribution in [3.8, 4) is 0 Å². The fourth-order valence-electron chi connectivity index (χ4n) is 1.75. The van der Waals surface area contributed by atoms with E-state index in [0.29, 0.717) is 13.2 Å². The van der Waals surface area contributed by atoms with Gasteiger partial charge < -0.3 is 15.4 Å². The lowest BCUT2D eigenvalue weighted by molar-refractivity contribution is 0.206. The van der Waals surface area contributed by atoms with Gasteiger partial charge in [0, 0.05) is 38.5 Å². The number of nitrogens with zero attached hydrogens (tertiary/aromatic N) is 2. The van der Waals surface area contributed by atoms with Crippen molar-refractivity contribution in [2.24, 2.45) is 5.73 Å². The van der Waals surface area contributed by atoms with Crippen LogP contribution in [0.5, 0.6) is 0 Å². The fraction of sp³-hybridized carbons (Fsp3) is 0.583. The van der Waals surface area contributed by atoms with Crippen LogP contribution in [0.2, 0.25) is 0 Å². The molecule has 0 aliphatic carbocycles. The van der Waals surface area contributed by atoms with Gasteiger partial charge >= 0.3 is 0 Å². The fourth-order valence-corrected chi connectivity index (χ4v) is 1.75. The van der Waals surface area contributed by atoms with Gasteiger partial charge in [-0.3, -0.25) is 0 Å². The molecule has 1 heterocycles. The summed E-state index contributed by atoms with van der Waals surface area (Å²) in [6, 6.07) is 2.07. The molecule has 0 saturated carbocycles. The third kappa shape index (κ3) is 2.93. The number of aryl methyl sites for hydroxylation is 2. The molecule has 0 bridgehead atoms. The predicted molar refractivity (Wildman–Crippen MR) is 66.7 cm³/mol. The molecule has 0 spiro atoms. The first kappa shape index (κ1) is 12.9. The first-order valence-electron chi connectivity index (χ1n) is 5.47. The Morgan fingerprint density at radius 3 is 2.69 bits per heavy atom. The van der Waals surface area contributed by atoms with Gasteiger partial charge in [-0.1, -0.05) is 0 Å². The molecule has 0 amide bonds. The van der Waals surface area contributed by atoms with Crippen LogP contribution in [0.3, 0.4) is 0 Å². The monoisotopic (exact) mass is 223 g/mol. The molecule has 0 atom stereocenters. The van der Waals surface area contributed by atoms with E-state index in [2.05, 4.69) is 22.9 Å². The second-order valence-corrected chi connectivity index (χ2v) is 4.00. The summed E-state index contributed by atoms with van der Waals surface area (Å²) in [5.41, 5.74) is 9.11. The summed E-state index contributed by atoms with van der Waals surface area (Å²) in [4.78, 5) is 6.64. The van der Waals surface area contributed by atoms with E-state index >= 15 is 0 Å². The molecule has 0 aromatic carbocycles. The number of pyridine rings is 1. The maximum atomic E-state index is 5.77. The predicted octanol–water partition coefficient (Wildman–Crippen LogP) is 1.24. The number of methoxy groups -OCH3 is 1. The molecule has 0 aliphatic rings. The lowest BCUT2D eigenvalue weighted by Gasteiger charge is -2.22. The highest BCUT2D eigenvalue weighted by Gasteiger charge is 2.11. The summed E-state index contributed by atoms with van der Waals surface area (Å²) in [5.74, 6) is 0.969. The minimum Gasteiger partial charge on any atom is -0.383 e. The minimum absolute atomic E-state index is 0.520. The molecule has 0 unspecified atom stereocenters. The Kier molecular flexibility index (Phi) is 4.71. The lowest BCUT2D eigenvalue weighted by atomic mass is 10.1. The van der Waals surface area contributed by atoms with E-state index in [9.17, 15) is 0 Å². The second kappa shape index (κ2) is 5.82. The number of anilines is 1. The van der Waals surface area contributed by atoms with E-state index in [4.69, 9.17) is 10.5 Å². The minimum atomic E-state index is 0.520. The zero-order chi connectivity index (χ0) is 12.1. The summed E-state index contributed by atoms with van der Waals surface area (Å²) < 4.78 is 5.07. The summed E-state index contributed by atoms with van der Waals surface area (Å²) in [5, 5.41) is 0. The molecule has 4 nitrogen and oxygen atoms in total. The van der Waals surface area contributed by atoms with Crippen molar-refractivity contribution in [3.63, 3.8) is 0 Å².